The zero-order valence-electron chi connectivity index (χ0n) is 26.5. The van der Waals surface area contributed by atoms with Gasteiger partial charge in [-0.05, 0) is 83.9 Å². The van der Waals surface area contributed by atoms with E-state index in [9.17, 15) is 0 Å². The van der Waals surface area contributed by atoms with Crippen LogP contribution in [-0.4, -0.2) is 8.75 Å². The van der Waals surface area contributed by atoms with E-state index in [4.69, 9.17) is 20.2 Å². The highest BCUT2D eigenvalue weighted by Crippen LogP contribution is 2.46. The molecule has 7 heteroatoms. The Morgan fingerprint density at radius 1 is 0.347 bits per heavy atom. The molecule has 0 amide bonds. The molecule has 0 spiro atoms. The van der Waals surface area contributed by atoms with Crippen LogP contribution in [0.1, 0.15) is 0 Å². The first-order valence-electron chi connectivity index (χ1n) is 16.0. The number of nitrogens with zero attached hydrogens (tertiary/aromatic N) is 4. The Bertz CT molecular complexity index is 2080. The molecule has 0 radical (unpaired) electrons. The maximum Gasteiger partial charge on any atom is 0.115 e. The van der Waals surface area contributed by atoms with Gasteiger partial charge in [0.05, 0.1) is 23.1 Å². The minimum absolute atomic E-state index is 0.491. The van der Waals surface area contributed by atoms with Crippen LogP contribution in [0.5, 0.6) is 0 Å². The minimum Gasteiger partial charge on any atom is -0.396 e. The molecular formula is C42H32N6S. The van der Waals surface area contributed by atoms with Gasteiger partial charge in [-0.1, -0.05) is 97.1 Å². The van der Waals surface area contributed by atoms with Crippen molar-refractivity contribution in [1.29, 1.82) is 0 Å². The number of anilines is 8. The van der Waals surface area contributed by atoms with Crippen molar-refractivity contribution < 1.29 is 0 Å². The molecule has 0 atom stereocenters. The van der Waals surface area contributed by atoms with Crippen LogP contribution in [0.4, 0.5) is 45.5 Å². The molecular weight excluding hydrogens is 621 g/mol. The number of hydrogen-bond donors (Lipinski definition) is 2. The minimum atomic E-state index is 0.491. The monoisotopic (exact) mass is 652 g/mol. The molecule has 236 valence electrons. The van der Waals surface area contributed by atoms with Gasteiger partial charge >= 0.3 is 0 Å². The number of benzene rings is 7. The second-order valence-electron chi connectivity index (χ2n) is 11.6. The van der Waals surface area contributed by atoms with Crippen LogP contribution in [-0.2, 0) is 0 Å². The number of fused-ring (bicyclic) bond motifs is 1. The summed E-state index contributed by atoms with van der Waals surface area (Å²) in [5.74, 6) is 0. The van der Waals surface area contributed by atoms with Gasteiger partial charge in [-0.15, -0.1) is 0 Å². The lowest BCUT2D eigenvalue weighted by Crippen LogP contribution is -2.09. The number of rotatable bonds is 8. The Morgan fingerprint density at radius 2 is 0.612 bits per heavy atom. The smallest absolute Gasteiger partial charge is 0.115 e. The Kier molecular flexibility index (Phi) is 7.93. The van der Waals surface area contributed by atoms with E-state index in [1.807, 2.05) is 72.8 Å². The molecule has 0 aliphatic heterocycles. The van der Waals surface area contributed by atoms with Crippen LogP contribution in [0.3, 0.4) is 0 Å². The second kappa shape index (κ2) is 13.0. The standard InChI is InChI=1S/C42H32N6S/c43-39-37(29-21-25-35(26-22-29)47(31-13-5-1-6-14-31)32-15-7-2-8-16-32)41-42(46-49-45-41)38(40(39)44)30-23-27-36(28-24-30)48(33-17-9-3-10-18-33)34-19-11-4-12-20-34/h1-28H,43-44H2. The van der Waals surface area contributed by atoms with Crippen molar-refractivity contribution >= 4 is 68.3 Å². The van der Waals surface area contributed by atoms with Gasteiger partial charge in [0.15, 0.2) is 0 Å². The average Bonchev–Trinajstić information content (AvgIpc) is 3.64. The van der Waals surface area contributed by atoms with Crippen molar-refractivity contribution in [3.8, 4) is 22.3 Å². The number of aromatic nitrogens is 2. The summed E-state index contributed by atoms with van der Waals surface area (Å²) >= 11 is 1.17. The normalized spacial score (nSPS) is 11.0. The Balaban J connectivity index is 1.17. The molecule has 1 heterocycles. The van der Waals surface area contributed by atoms with E-state index in [2.05, 4.69) is 107 Å². The van der Waals surface area contributed by atoms with Crippen LogP contribution >= 0.6 is 11.7 Å². The summed E-state index contributed by atoms with van der Waals surface area (Å²) in [5.41, 5.74) is 26.0. The quantitative estimate of drug-likeness (QED) is 0.159. The first-order valence-corrected chi connectivity index (χ1v) is 16.7. The maximum atomic E-state index is 6.88. The van der Waals surface area contributed by atoms with Crippen molar-refractivity contribution in [3.63, 3.8) is 0 Å². The highest BCUT2D eigenvalue weighted by Gasteiger charge is 2.23. The highest BCUT2D eigenvalue weighted by atomic mass is 32.1. The van der Waals surface area contributed by atoms with E-state index >= 15 is 0 Å². The van der Waals surface area contributed by atoms with Crippen LogP contribution in [0, 0.1) is 0 Å². The molecule has 0 saturated heterocycles. The van der Waals surface area contributed by atoms with Gasteiger partial charge in [0.2, 0.25) is 0 Å². The molecule has 8 aromatic rings. The Labute approximate surface area is 289 Å². The largest absolute Gasteiger partial charge is 0.396 e. The van der Waals surface area contributed by atoms with E-state index in [-0.39, 0.29) is 0 Å². The predicted molar refractivity (Wildman–Crippen MR) is 206 cm³/mol. The summed E-state index contributed by atoms with van der Waals surface area (Å²) in [4.78, 5) is 4.45. The van der Waals surface area contributed by atoms with Crippen LogP contribution in [0.15, 0.2) is 170 Å². The molecule has 7 aromatic carbocycles. The Morgan fingerprint density at radius 3 is 0.898 bits per heavy atom. The third-order valence-electron chi connectivity index (χ3n) is 8.68. The first-order chi connectivity index (χ1) is 24.2. The summed E-state index contributed by atoms with van der Waals surface area (Å²) in [7, 11) is 0. The molecule has 8 rings (SSSR count). The van der Waals surface area contributed by atoms with Crippen LogP contribution in [0.2, 0.25) is 0 Å². The van der Waals surface area contributed by atoms with Gasteiger partial charge < -0.3 is 21.3 Å². The van der Waals surface area contributed by atoms with Crippen molar-refractivity contribution in [3.05, 3.63) is 170 Å². The Hall–Kier alpha value is -6.44. The molecule has 0 aliphatic carbocycles. The molecule has 49 heavy (non-hydrogen) atoms. The van der Waals surface area contributed by atoms with E-state index in [1.54, 1.807) is 0 Å². The van der Waals surface area contributed by atoms with Gasteiger partial charge in [-0.2, -0.15) is 8.75 Å². The summed E-state index contributed by atoms with van der Waals surface area (Å²) in [6, 6.07) is 58.1. The highest BCUT2D eigenvalue weighted by molar-refractivity contribution is 7.00. The van der Waals surface area contributed by atoms with Gasteiger partial charge in [0.25, 0.3) is 0 Å². The second-order valence-corrected chi connectivity index (χ2v) is 12.2. The van der Waals surface area contributed by atoms with Crippen molar-refractivity contribution in [1.82, 2.24) is 8.75 Å². The number of para-hydroxylation sites is 4. The zero-order valence-corrected chi connectivity index (χ0v) is 27.3. The number of nitrogen functional groups attached to an aromatic ring is 2. The van der Waals surface area contributed by atoms with Crippen molar-refractivity contribution in [2.45, 2.75) is 0 Å². The lowest BCUT2D eigenvalue weighted by atomic mass is 9.93. The van der Waals surface area contributed by atoms with E-state index < -0.39 is 0 Å². The van der Waals surface area contributed by atoms with Gasteiger partial charge in [0.1, 0.15) is 11.0 Å². The van der Waals surface area contributed by atoms with Gasteiger partial charge in [0, 0.05) is 45.3 Å². The molecule has 0 fully saturated rings. The number of hydrogen-bond acceptors (Lipinski definition) is 7. The molecule has 0 bridgehead atoms. The fraction of sp³-hybridized carbons (Fsp3) is 0. The SMILES string of the molecule is Nc1c(N)c(-c2ccc(N(c3ccccc3)c3ccccc3)cc2)c2nsnc2c1-c1ccc(N(c2ccccc2)c2ccccc2)cc1. The third-order valence-corrected chi connectivity index (χ3v) is 9.21. The molecule has 0 aliphatic rings. The van der Waals surface area contributed by atoms with E-state index in [0.29, 0.717) is 11.4 Å². The fourth-order valence-corrected chi connectivity index (χ4v) is 6.94. The van der Waals surface area contributed by atoms with Crippen LogP contribution < -0.4 is 21.3 Å². The first kappa shape index (κ1) is 29.9. The summed E-state index contributed by atoms with van der Waals surface area (Å²) in [6.07, 6.45) is 0. The van der Waals surface area contributed by atoms with Crippen molar-refractivity contribution in [2.24, 2.45) is 0 Å². The fourth-order valence-electron chi connectivity index (χ4n) is 6.38. The lowest BCUT2D eigenvalue weighted by molar-refractivity contribution is 1.28. The van der Waals surface area contributed by atoms with E-state index in [0.717, 1.165) is 67.4 Å². The van der Waals surface area contributed by atoms with Gasteiger partial charge in [-0.25, -0.2) is 0 Å². The topological polar surface area (TPSA) is 84.3 Å². The molecule has 1 aromatic heterocycles. The molecule has 0 saturated carbocycles. The lowest BCUT2D eigenvalue weighted by Gasteiger charge is -2.26. The zero-order chi connectivity index (χ0) is 33.2. The van der Waals surface area contributed by atoms with Crippen LogP contribution in [0.25, 0.3) is 33.3 Å². The third kappa shape index (κ3) is 5.62. The average molecular weight is 653 g/mol. The van der Waals surface area contributed by atoms with E-state index in [1.165, 1.54) is 11.7 Å². The van der Waals surface area contributed by atoms with Crippen molar-refractivity contribution in [2.75, 3.05) is 21.3 Å². The predicted octanol–water partition coefficient (Wildman–Crippen LogP) is 11.1. The molecule has 0 unspecified atom stereocenters. The molecule has 4 N–H and O–H groups in total. The van der Waals surface area contributed by atoms with Gasteiger partial charge in [-0.3, -0.25) is 0 Å². The molecule has 6 nitrogen and oxygen atoms in total. The summed E-state index contributed by atoms with van der Waals surface area (Å²) in [6.45, 7) is 0. The maximum absolute atomic E-state index is 6.88. The summed E-state index contributed by atoms with van der Waals surface area (Å²) in [5, 5.41) is 0. The summed E-state index contributed by atoms with van der Waals surface area (Å²) < 4.78 is 9.47. The number of nitrogens with two attached hydrogens (primary N) is 2.